The van der Waals surface area contributed by atoms with Crippen LogP contribution < -0.4 is 26.4 Å². The third-order valence-corrected chi connectivity index (χ3v) is 4.52. The van der Waals surface area contributed by atoms with E-state index in [1.165, 1.54) is 0 Å². The van der Waals surface area contributed by atoms with Gasteiger partial charge in [-0.25, -0.2) is 14.5 Å². The zero-order valence-corrected chi connectivity index (χ0v) is 19.3. The number of anilines is 1. The summed E-state index contributed by atoms with van der Waals surface area (Å²) in [6.45, 7) is 7.64. The van der Waals surface area contributed by atoms with E-state index in [1.54, 1.807) is 12.1 Å². The molecule has 10 heteroatoms. The topological polar surface area (TPSA) is 132 Å². The first-order valence-corrected chi connectivity index (χ1v) is 10.6. The van der Waals surface area contributed by atoms with Crippen LogP contribution in [0.25, 0.3) is 0 Å². The number of urea groups is 2. The van der Waals surface area contributed by atoms with Gasteiger partial charge in [-0.05, 0) is 57.0 Å². The van der Waals surface area contributed by atoms with Gasteiger partial charge in [0.15, 0.2) is 0 Å². The van der Waals surface area contributed by atoms with Gasteiger partial charge in [-0.1, -0.05) is 29.8 Å². The maximum atomic E-state index is 12.5. The summed E-state index contributed by atoms with van der Waals surface area (Å²) in [5, 5.41) is 11.6. The molecule has 10 nitrogen and oxygen atoms in total. The van der Waals surface area contributed by atoms with Gasteiger partial charge in [0.2, 0.25) is 0 Å². The monoisotopic (exact) mass is 457 g/mol. The maximum absolute atomic E-state index is 12.5. The van der Waals surface area contributed by atoms with Gasteiger partial charge < -0.3 is 20.6 Å². The SMILES string of the molecule is Cc1ccc(CNC(=O)N(CCC(=O)O)C(=O)NNNc2ccc(OC(C)C)c(C)c2)cc1. The summed E-state index contributed by atoms with van der Waals surface area (Å²) in [6.07, 6.45) is -0.330. The molecule has 0 saturated heterocycles. The number of carbonyl (C=O) groups excluding carboxylic acids is 2. The van der Waals surface area contributed by atoms with Gasteiger partial charge in [0, 0.05) is 13.1 Å². The van der Waals surface area contributed by atoms with E-state index in [2.05, 4.69) is 21.7 Å². The summed E-state index contributed by atoms with van der Waals surface area (Å²) in [5.74, 6) is -0.367. The largest absolute Gasteiger partial charge is 0.491 e. The van der Waals surface area contributed by atoms with Gasteiger partial charge in [-0.2, -0.15) is 0 Å². The van der Waals surface area contributed by atoms with Gasteiger partial charge in [-0.15, -0.1) is 5.53 Å². The van der Waals surface area contributed by atoms with Crippen LogP contribution in [-0.4, -0.2) is 40.7 Å². The highest BCUT2D eigenvalue weighted by Crippen LogP contribution is 2.22. The molecule has 0 atom stereocenters. The highest BCUT2D eigenvalue weighted by atomic mass is 16.5. The molecule has 0 aliphatic rings. The smallest absolute Gasteiger partial charge is 0.341 e. The first kappa shape index (κ1) is 25.5. The highest BCUT2D eigenvalue weighted by molar-refractivity contribution is 5.93. The molecule has 0 spiro atoms. The van der Waals surface area contributed by atoms with Crippen LogP contribution in [0.1, 0.15) is 37.0 Å². The van der Waals surface area contributed by atoms with Crippen LogP contribution in [0, 0.1) is 13.8 Å². The normalized spacial score (nSPS) is 10.5. The number of amides is 4. The number of nitrogens with zero attached hydrogens (tertiary/aromatic N) is 1. The molecular formula is C23H31N5O5. The number of carboxylic acids is 1. The standard InChI is InChI=1S/C23H31N5O5/c1-15(2)33-20-10-9-19(13-17(20)4)25-27-26-23(32)28(12-11-21(29)30)22(31)24-14-18-7-5-16(3)6-8-18/h5-10,13,15,25,27H,11-12,14H2,1-4H3,(H,24,31)(H,26,32)(H,29,30). The number of hydrazine groups is 2. The lowest BCUT2D eigenvalue weighted by molar-refractivity contribution is -0.137. The van der Waals surface area contributed by atoms with Crippen LogP contribution >= 0.6 is 0 Å². The predicted octanol–water partition coefficient (Wildman–Crippen LogP) is 3.32. The number of benzene rings is 2. The van der Waals surface area contributed by atoms with Crippen molar-refractivity contribution >= 4 is 23.7 Å². The van der Waals surface area contributed by atoms with Gasteiger partial charge >= 0.3 is 18.0 Å². The molecule has 0 aliphatic carbocycles. The van der Waals surface area contributed by atoms with Crippen LogP contribution in [0.3, 0.4) is 0 Å². The number of aryl methyl sites for hydroxylation is 2. The van der Waals surface area contributed by atoms with E-state index in [4.69, 9.17) is 9.84 Å². The minimum Gasteiger partial charge on any atom is -0.491 e. The van der Waals surface area contributed by atoms with Crippen molar-refractivity contribution in [2.24, 2.45) is 0 Å². The Morgan fingerprint density at radius 3 is 2.33 bits per heavy atom. The number of imide groups is 1. The second-order valence-corrected chi connectivity index (χ2v) is 7.77. The van der Waals surface area contributed by atoms with Crippen LogP contribution in [0.4, 0.5) is 15.3 Å². The maximum Gasteiger partial charge on any atom is 0.341 e. The second-order valence-electron chi connectivity index (χ2n) is 7.77. The number of hydrogen-bond acceptors (Lipinski definition) is 6. The molecule has 0 aromatic heterocycles. The minimum absolute atomic E-state index is 0.0499. The van der Waals surface area contributed by atoms with Crippen molar-refractivity contribution in [3.8, 4) is 5.75 Å². The molecule has 0 aliphatic heterocycles. The van der Waals surface area contributed by atoms with Crippen molar-refractivity contribution < 1.29 is 24.2 Å². The molecule has 0 saturated carbocycles. The Balaban J connectivity index is 1.92. The molecule has 0 heterocycles. The van der Waals surface area contributed by atoms with E-state index in [0.29, 0.717) is 5.69 Å². The summed E-state index contributed by atoms with van der Waals surface area (Å²) in [7, 11) is 0. The fraction of sp³-hybridized carbons (Fsp3) is 0.348. The Labute approximate surface area is 193 Å². The number of rotatable bonds is 10. The number of carboxylic acid groups (broad SMARTS) is 1. The fourth-order valence-electron chi connectivity index (χ4n) is 2.82. The van der Waals surface area contributed by atoms with Gasteiger partial charge in [0.25, 0.3) is 0 Å². The van der Waals surface area contributed by atoms with Crippen molar-refractivity contribution in [2.45, 2.75) is 46.8 Å². The predicted molar refractivity (Wildman–Crippen MR) is 125 cm³/mol. The van der Waals surface area contributed by atoms with E-state index < -0.39 is 18.0 Å². The lowest BCUT2D eigenvalue weighted by Gasteiger charge is -2.22. The molecule has 4 amide bonds. The molecule has 5 N–H and O–H groups in total. The van der Waals surface area contributed by atoms with Gasteiger partial charge in [0.05, 0.1) is 18.2 Å². The van der Waals surface area contributed by atoms with E-state index in [-0.39, 0.29) is 25.6 Å². The van der Waals surface area contributed by atoms with Crippen molar-refractivity contribution in [3.63, 3.8) is 0 Å². The molecule has 0 unspecified atom stereocenters. The van der Waals surface area contributed by atoms with Crippen LogP contribution in [0.5, 0.6) is 5.75 Å². The molecule has 0 radical (unpaired) electrons. The summed E-state index contributed by atoms with van der Waals surface area (Å²) >= 11 is 0. The molecule has 2 aromatic rings. The lowest BCUT2D eigenvalue weighted by atomic mass is 10.1. The molecule has 2 aromatic carbocycles. The van der Waals surface area contributed by atoms with E-state index in [1.807, 2.05) is 58.0 Å². The Hall–Kier alpha value is -3.79. The van der Waals surface area contributed by atoms with E-state index in [9.17, 15) is 14.4 Å². The quantitative estimate of drug-likeness (QED) is 0.346. The number of nitrogens with one attached hydrogen (secondary N) is 4. The molecular weight excluding hydrogens is 426 g/mol. The number of aliphatic carboxylic acids is 1. The average molecular weight is 458 g/mol. The number of ether oxygens (including phenoxy) is 1. The Morgan fingerprint density at radius 1 is 1.03 bits per heavy atom. The lowest BCUT2D eigenvalue weighted by Crippen LogP contribution is -2.53. The van der Waals surface area contributed by atoms with Crippen LogP contribution in [0.15, 0.2) is 42.5 Å². The number of hydrogen-bond donors (Lipinski definition) is 5. The van der Waals surface area contributed by atoms with Gasteiger partial charge in [-0.3, -0.25) is 10.2 Å². The van der Waals surface area contributed by atoms with E-state index in [0.717, 1.165) is 27.3 Å². The van der Waals surface area contributed by atoms with E-state index >= 15 is 0 Å². The number of carbonyl (C=O) groups is 3. The molecule has 0 fully saturated rings. The van der Waals surface area contributed by atoms with Crippen molar-refractivity contribution in [1.82, 2.24) is 21.2 Å². The summed E-state index contributed by atoms with van der Waals surface area (Å²) in [6, 6.07) is 11.4. The molecule has 178 valence electrons. The Morgan fingerprint density at radius 2 is 1.73 bits per heavy atom. The summed E-state index contributed by atoms with van der Waals surface area (Å²) < 4.78 is 5.69. The third kappa shape index (κ3) is 8.69. The minimum atomic E-state index is -1.12. The van der Waals surface area contributed by atoms with Crippen LogP contribution in [-0.2, 0) is 11.3 Å². The van der Waals surface area contributed by atoms with Crippen molar-refractivity contribution in [2.75, 3.05) is 12.0 Å². The van der Waals surface area contributed by atoms with Crippen molar-refractivity contribution in [1.29, 1.82) is 0 Å². The third-order valence-electron chi connectivity index (χ3n) is 4.52. The molecule has 33 heavy (non-hydrogen) atoms. The average Bonchev–Trinajstić information content (AvgIpc) is 2.75. The molecule has 0 bridgehead atoms. The molecule has 2 rings (SSSR count). The second kappa shape index (κ2) is 12.3. The van der Waals surface area contributed by atoms with Crippen LogP contribution in [0.2, 0.25) is 0 Å². The Bertz CT molecular complexity index is 962. The summed E-state index contributed by atoms with van der Waals surface area (Å²) in [4.78, 5) is 36.8. The zero-order valence-electron chi connectivity index (χ0n) is 19.3. The first-order valence-electron chi connectivity index (χ1n) is 10.6. The first-order chi connectivity index (χ1) is 15.7. The highest BCUT2D eigenvalue weighted by Gasteiger charge is 2.22. The fourth-order valence-corrected chi connectivity index (χ4v) is 2.82. The zero-order chi connectivity index (χ0) is 24.4. The van der Waals surface area contributed by atoms with Gasteiger partial charge in [0.1, 0.15) is 5.75 Å². The summed E-state index contributed by atoms with van der Waals surface area (Å²) in [5.41, 5.74) is 11.2. The Kier molecular flexibility index (Phi) is 9.49. The van der Waals surface area contributed by atoms with Crippen molar-refractivity contribution in [3.05, 3.63) is 59.2 Å².